The number of benzene rings is 1. The lowest BCUT2D eigenvalue weighted by molar-refractivity contribution is -0.146. The van der Waals surface area contributed by atoms with Gasteiger partial charge in [-0.15, -0.1) is 0 Å². The van der Waals surface area contributed by atoms with E-state index in [9.17, 15) is 9.59 Å². The third-order valence-corrected chi connectivity index (χ3v) is 4.01. The van der Waals surface area contributed by atoms with Gasteiger partial charge in [0.25, 0.3) is 5.91 Å². The molecule has 114 valence electrons. The zero-order chi connectivity index (χ0) is 15.6. The largest absolute Gasteiger partial charge is 0.469 e. The fourth-order valence-corrected chi connectivity index (χ4v) is 2.69. The van der Waals surface area contributed by atoms with Gasteiger partial charge in [0.15, 0.2) is 0 Å². The van der Waals surface area contributed by atoms with Crippen LogP contribution in [-0.4, -0.2) is 51.1 Å². The minimum atomic E-state index is -0.236. The molecule has 0 saturated carbocycles. The molecule has 1 amide bonds. The summed E-state index contributed by atoms with van der Waals surface area (Å²) in [5, 5.41) is 0. The molecule has 2 atom stereocenters. The summed E-state index contributed by atoms with van der Waals surface area (Å²) >= 11 is 0. The molecule has 0 spiro atoms. The van der Waals surface area contributed by atoms with Crippen LogP contribution in [0.1, 0.15) is 17.3 Å². The summed E-state index contributed by atoms with van der Waals surface area (Å²) in [5.41, 5.74) is 1.64. The third kappa shape index (κ3) is 3.17. The quantitative estimate of drug-likeness (QED) is 0.794. The number of hydrogen-bond donors (Lipinski definition) is 0. The fourth-order valence-electron chi connectivity index (χ4n) is 2.69. The molecule has 5 heteroatoms. The minimum Gasteiger partial charge on any atom is -0.469 e. The topological polar surface area (TPSA) is 49.9 Å². The number of amides is 1. The zero-order valence-electron chi connectivity index (χ0n) is 13.0. The number of anilines is 1. The molecular weight excluding hydrogens is 268 g/mol. The van der Waals surface area contributed by atoms with Gasteiger partial charge in [-0.1, -0.05) is 13.0 Å². The van der Waals surface area contributed by atoms with E-state index < -0.39 is 0 Å². The van der Waals surface area contributed by atoms with Crippen LogP contribution in [0.2, 0.25) is 0 Å². The number of likely N-dealkylation sites (tertiary alicyclic amines) is 1. The van der Waals surface area contributed by atoms with Crippen molar-refractivity contribution in [3.05, 3.63) is 29.8 Å². The summed E-state index contributed by atoms with van der Waals surface area (Å²) in [6.45, 7) is 2.99. The number of rotatable bonds is 3. The summed E-state index contributed by atoms with van der Waals surface area (Å²) in [7, 11) is 5.27. The monoisotopic (exact) mass is 290 g/mol. The number of carbonyl (C=O) groups is 2. The highest BCUT2D eigenvalue weighted by Gasteiger charge is 2.37. The Morgan fingerprint density at radius 1 is 1.29 bits per heavy atom. The number of hydrogen-bond acceptors (Lipinski definition) is 4. The Bertz CT molecular complexity index is 542. The maximum Gasteiger partial charge on any atom is 0.310 e. The van der Waals surface area contributed by atoms with E-state index in [1.165, 1.54) is 7.11 Å². The van der Waals surface area contributed by atoms with Crippen LogP contribution in [0, 0.1) is 11.8 Å². The lowest BCUT2D eigenvalue weighted by Crippen LogP contribution is -2.30. The van der Waals surface area contributed by atoms with E-state index in [2.05, 4.69) is 0 Å². The Labute approximate surface area is 125 Å². The summed E-state index contributed by atoms with van der Waals surface area (Å²) in [6, 6.07) is 7.52. The van der Waals surface area contributed by atoms with Gasteiger partial charge < -0.3 is 14.5 Å². The van der Waals surface area contributed by atoms with Crippen molar-refractivity contribution in [2.45, 2.75) is 6.92 Å². The Morgan fingerprint density at radius 2 is 2.00 bits per heavy atom. The molecule has 1 aliphatic rings. The van der Waals surface area contributed by atoms with E-state index in [1.807, 2.05) is 50.2 Å². The number of ether oxygens (including phenoxy) is 1. The normalized spacial score (nSPS) is 21.2. The first kappa shape index (κ1) is 15.4. The average Bonchev–Trinajstić information content (AvgIpc) is 2.87. The number of nitrogens with zero attached hydrogens (tertiary/aromatic N) is 2. The molecular formula is C16H22N2O3. The molecule has 2 unspecified atom stereocenters. The third-order valence-electron chi connectivity index (χ3n) is 4.01. The molecule has 0 aliphatic carbocycles. The van der Waals surface area contributed by atoms with Crippen molar-refractivity contribution in [1.82, 2.24) is 4.90 Å². The van der Waals surface area contributed by atoms with Crippen LogP contribution in [0.3, 0.4) is 0 Å². The summed E-state index contributed by atoms with van der Waals surface area (Å²) in [4.78, 5) is 28.0. The molecule has 0 N–H and O–H groups in total. The highest BCUT2D eigenvalue weighted by molar-refractivity contribution is 5.95. The van der Waals surface area contributed by atoms with E-state index in [0.29, 0.717) is 18.7 Å². The van der Waals surface area contributed by atoms with Crippen molar-refractivity contribution in [1.29, 1.82) is 0 Å². The van der Waals surface area contributed by atoms with Crippen molar-refractivity contribution < 1.29 is 14.3 Å². The van der Waals surface area contributed by atoms with Gasteiger partial charge in [-0.05, 0) is 24.1 Å². The summed E-state index contributed by atoms with van der Waals surface area (Å²) in [5.74, 6) is -0.369. The Kier molecular flexibility index (Phi) is 4.50. The van der Waals surface area contributed by atoms with Gasteiger partial charge in [0.2, 0.25) is 0 Å². The molecule has 2 rings (SSSR count). The van der Waals surface area contributed by atoms with Gasteiger partial charge >= 0.3 is 5.97 Å². The van der Waals surface area contributed by atoms with Crippen LogP contribution in [0.25, 0.3) is 0 Å². The molecule has 0 bridgehead atoms. The molecule has 0 aromatic heterocycles. The van der Waals surface area contributed by atoms with E-state index in [0.717, 1.165) is 5.69 Å². The van der Waals surface area contributed by atoms with Gasteiger partial charge in [0.05, 0.1) is 13.0 Å². The van der Waals surface area contributed by atoms with Gasteiger partial charge in [0, 0.05) is 38.4 Å². The maximum atomic E-state index is 12.6. The van der Waals surface area contributed by atoms with Gasteiger partial charge in [0.1, 0.15) is 0 Å². The highest BCUT2D eigenvalue weighted by atomic mass is 16.5. The molecule has 1 aliphatic heterocycles. The lowest BCUT2D eigenvalue weighted by Gasteiger charge is -2.18. The fraction of sp³-hybridized carbons (Fsp3) is 0.500. The lowest BCUT2D eigenvalue weighted by atomic mass is 9.99. The summed E-state index contributed by atoms with van der Waals surface area (Å²) in [6.07, 6.45) is 0. The molecule has 5 nitrogen and oxygen atoms in total. The molecule has 1 aromatic carbocycles. The maximum absolute atomic E-state index is 12.6. The second-order valence-corrected chi connectivity index (χ2v) is 5.76. The van der Waals surface area contributed by atoms with E-state index in [1.54, 1.807) is 4.90 Å². The predicted molar refractivity (Wildman–Crippen MR) is 81.3 cm³/mol. The van der Waals surface area contributed by atoms with Gasteiger partial charge in [-0.25, -0.2) is 0 Å². The number of esters is 1. The molecule has 21 heavy (non-hydrogen) atoms. The Balaban J connectivity index is 2.14. The Hall–Kier alpha value is -2.04. The zero-order valence-corrected chi connectivity index (χ0v) is 13.0. The number of carbonyl (C=O) groups excluding carboxylic acids is 2. The van der Waals surface area contributed by atoms with Gasteiger partial charge in [-0.3, -0.25) is 9.59 Å². The van der Waals surface area contributed by atoms with Crippen molar-refractivity contribution >= 4 is 17.6 Å². The van der Waals surface area contributed by atoms with Crippen molar-refractivity contribution in [2.24, 2.45) is 11.8 Å². The van der Waals surface area contributed by atoms with Crippen LogP contribution >= 0.6 is 0 Å². The van der Waals surface area contributed by atoms with Crippen LogP contribution in [0.4, 0.5) is 5.69 Å². The summed E-state index contributed by atoms with van der Waals surface area (Å²) < 4.78 is 4.81. The molecule has 0 radical (unpaired) electrons. The van der Waals surface area contributed by atoms with Crippen LogP contribution < -0.4 is 4.90 Å². The standard InChI is InChI=1S/C16H22N2O3/c1-11-9-18(10-14(11)16(20)21-4)15(19)12-6-5-7-13(8-12)17(2)3/h5-8,11,14H,9-10H2,1-4H3. The van der Waals surface area contributed by atoms with Crippen LogP contribution in [-0.2, 0) is 9.53 Å². The second-order valence-electron chi connectivity index (χ2n) is 5.76. The molecule has 1 aromatic rings. The minimum absolute atomic E-state index is 0.0306. The molecule has 1 fully saturated rings. The van der Waals surface area contributed by atoms with Crippen molar-refractivity contribution in [3.8, 4) is 0 Å². The van der Waals surface area contributed by atoms with Crippen LogP contribution in [0.15, 0.2) is 24.3 Å². The van der Waals surface area contributed by atoms with E-state index in [4.69, 9.17) is 4.74 Å². The first-order valence-electron chi connectivity index (χ1n) is 7.08. The number of methoxy groups -OCH3 is 1. The van der Waals surface area contributed by atoms with Gasteiger partial charge in [-0.2, -0.15) is 0 Å². The van der Waals surface area contributed by atoms with E-state index >= 15 is 0 Å². The van der Waals surface area contributed by atoms with E-state index in [-0.39, 0.29) is 23.7 Å². The van der Waals surface area contributed by atoms with Crippen molar-refractivity contribution in [2.75, 3.05) is 39.2 Å². The second kappa shape index (κ2) is 6.16. The first-order chi connectivity index (χ1) is 9.93. The average molecular weight is 290 g/mol. The smallest absolute Gasteiger partial charge is 0.310 e. The first-order valence-corrected chi connectivity index (χ1v) is 7.08. The molecule has 1 heterocycles. The van der Waals surface area contributed by atoms with Crippen LogP contribution in [0.5, 0.6) is 0 Å². The predicted octanol–water partition coefficient (Wildman–Crippen LogP) is 1.63. The van der Waals surface area contributed by atoms with Crippen molar-refractivity contribution in [3.63, 3.8) is 0 Å². The SMILES string of the molecule is COC(=O)C1CN(C(=O)c2cccc(N(C)C)c2)CC1C. The Morgan fingerprint density at radius 3 is 2.62 bits per heavy atom. The highest BCUT2D eigenvalue weighted by Crippen LogP contribution is 2.26. The molecule has 1 saturated heterocycles.